The molecule has 4 heteroatoms. The maximum absolute atomic E-state index is 5.03. The summed E-state index contributed by atoms with van der Waals surface area (Å²) < 4.78 is 7.07. The van der Waals surface area contributed by atoms with Crippen LogP contribution in [0.4, 0.5) is 0 Å². The second-order valence-electron chi connectivity index (χ2n) is 5.07. The summed E-state index contributed by atoms with van der Waals surface area (Å²) >= 11 is 0. The number of hydrogen-bond acceptors (Lipinski definition) is 3. The van der Waals surface area contributed by atoms with E-state index < -0.39 is 0 Å². The fourth-order valence-corrected chi connectivity index (χ4v) is 2.12. The SMILES string of the molecule is COCCNCc1ccnn1Cc1ccc(C)c(C)c1. The molecule has 2 rings (SSSR count). The molecule has 0 saturated heterocycles. The third kappa shape index (κ3) is 3.92. The topological polar surface area (TPSA) is 39.1 Å². The molecule has 2 aromatic rings. The summed E-state index contributed by atoms with van der Waals surface area (Å²) in [6, 6.07) is 8.64. The van der Waals surface area contributed by atoms with E-state index in [1.54, 1.807) is 7.11 Å². The Bertz CT molecular complexity index is 548. The van der Waals surface area contributed by atoms with Crippen molar-refractivity contribution in [2.75, 3.05) is 20.3 Å². The first-order valence-corrected chi connectivity index (χ1v) is 6.97. The van der Waals surface area contributed by atoms with Gasteiger partial charge < -0.3 is 10.1 Å². The van der Waals surface area contributed by atoms with Crippen LogP contribution in [0.3, 0.4) is 0 Å². The number of nitrogens with one attached hydrogen (secondary N) is 1. The lowest BCUT2D eigenvalue weighted by Crippen LogP contribution is -2.21. The molecule has 1 heterocycles. The number of hydrogen-bond donors (Lipinski definition) is 1. The van der Waals surface area contributed by atoms with Gasteiger partial charge in [-0.05, 0) is 36.6 Å². The molecule has 0 saturated carbocycles. The fourth-order valence-electron chi connectivity index (χ4n) is 2.12. The third-order valence-electron chi connectivity index (χ3n) is 3.50. The summed E-state index contributed by atoms with van der Waals surface area (Å²) in [7, 11) is 1.71. The molecule has 108 valence electrons. The summed E-state index contributed by atoms with van der Waals surface area (Å²) in [5.41, 5.74) is 5.14. The van der Waals surface area contributed by atoms with Gasteiger partial charge in [-0.15, -0.1) is 0 Å². The lowest BCUT2D eigenvalue weighted by atomic mass is 10.1. The van der Waals surface area contributed by atoms with Gasteiger partial charge >= 0.3 is 0 Å². The summed E-state index contributed by atoms with van der Waals surface area (Å²) in [4.78, 5) is 0. The van der Waals surface area contributed by atoms with Crippen molar-refractivity contribution in [3.63, 3.8) is 0 Å². The molecule has 4 nitrogen and oxygen atoms in total. The van der Waals surface area contributed by atoms with Crippen molar-refractivity contribution in [3.05, 3.63) is 52.8 Å². The molecule has 0 fully saturated rings. The van der Waals surface area contributed by atoms with Gasteiger partial charge in [0.1, 0.15) is 0 Å². The van der Waals surface area contributed by atoms with E-state index in [0.29, 0.717) is 0 Å². The third-order valence-corrected chi connectivity index (χ3v) is 3.50. The van der Waals surface area contributed by atoms with Crippen LogP contribution in [0.25, 0.3) is 0 Å². The van der Waals surface area contributed by atoms with E-state index >= 15 is 0 Å². The molecule has 0 atom stereocenters. The molecule has 0 spiro atoms. The first-order chi connectivity index (χ1) is 9.70. The standard InChI is InChI=1S/C16H23N3O/c1-13-4-5-15(10-14(13)2)12-19-16(6-7-18-19)11-17-8-9-20-3/h4-7,10,17H,8-9,11-12H2,1-3H3. The van der Waals surface area contributed by atoms with Gasteiger partial charge in [-0.25, -0.2) is 0 Å². The van der Waals surface area contributed by atoms with E-state index in [0.717, 1.165) is 26.2 Å². The van der Waals surface area contributed by atoms with Crippen LogP contribution in [0.5, 0.6) is 0 Å². The van der Waals surface area contributed by atoms with Crippen LogP contribution >= 0.6 is 0 Å². The summed E-state index contributed by atoms with van der Waals surface area (Å²) in [5, 5.41) is 7.76. The number of benzene rings is 1. The molecule has 1 aromatic heterocycles. The molecule has 0 bridgehead atoms. The molecule has 0 unspecified atom stereocenters. The Labute approximate surface area is 120 Å². The van der Waals surface area contributed by atoms with Gasteiger partial charge in [-0.3, -0.25) is 4.68 Å². The number of aryl methyl sites for hydroxylation is 2. The molecule has 1 N–H and O–H groups in total. The predicted molar refractivity (Wildman–Crippen MR) is 80.8 cm³/mol. The van der Waals surface area contributed by atoms with Crippen molar-refractivity contribution in [2.45, 2.75) is 26.9 Å². The molecule has 0 aliphatic rings. The second kappa shape index (κ2) is 7.22. The van der Waals surface area contributed by atoms with Crippen molar-refractivity contribution in [3.8, 4) is 0 Å². The molecule has 1 aromatic carbocycles. The van der Waals surface area contributed by atoms with E-state index in [2.05, 4.69) is 48.5 Å². The number of aromatic nitrogens is 2. The zero-order valence-corrected chi connectivity index (χ0v) is 12.5. The number of methoxy groups -OCH3 is 1. The van der Waals surface area contributed by atoms with Crippen molar-refractivity contribution in [2.24, 2.45) is 0 Å². The molecule has 0 aliphatic carbocycles. The smallest absolute Gasteiger partial charge is 0.0663 e. The fraction of sp³-hybridized carbons (Fsp3) is 0.438. The van der Waals surface area contributed by atoms with E-state index in [9.17, 15) is 0 Å². The normalized spacial score (nSPS) is 10.9. The van der Waals surface area contributed by atoms with Crippen molar-refractivity contribution < 1.29 is 4.74 Å². The highest BCUT2D eigenvalue weighted by molar-refractivity contribution is 5.30. The summed E-state index contributed by atoms with van der Waals surface area (Å²) in [5.74, 6) is 0. The van der Waals surface area contributed by atoms with Gasteiger partial charge in [-0.1, -0.05) is 18.2 Å². The van der Waals surface area contributed by atoms with Gasteiger partial charge in [0, 0.05) is 26.4 Å². The first-order valence-electron chi connectivity index (χ1n) is 6.97. The van der Waals surface area contributed by atoms with Crippen LogP contribution < -0.4 is 5.32 Å². The van der Waals surface area contributed by atoms with Gasteiger partial charge in [0.15, 0.2) is 0 Å². The van der Waals surface area contributed by atoms with Gasteiger partial charge in [-0.2, -0.15) is 5.10 Å². The molecule has 0 aliphatic heterocycles. The lowest BCUT2D eigenvalue weighted by Gasteiger charge is -2.10. The summed E-state index contributed by atoms with van der Waals surface area (Å²) in [6.07, 6.45) is 1.86. The largest absolute Gasteiger partial charge is 0.383 e. The molecule has 0 amide bonds. The van der Waals surface area contributed by atoms with Crippen molar-refractivity contribution in [1.29, 1.82) is 0 Å². The van der Waals surface area contributed by atoms with E-state index in [4.69, 9.17) is 4.74 Å². The highest BCUT2D eigenvalue weighted by Gasteiger charge is 2.04. The average Bonchev–Trinajstić information content (AvgIpc) is 2.86. The minimum absolute atomic E-state index is 0.727. The monoisotopic (exact) mass is 273 g/mol. The number of rotatable bonds is 7. The van der Waals surface area contributed by atoms with Gasteiger partial charge in [0.05, 0.1) is 18.8 Å². The van der Waals surface area contributed by atoms with E-state index in [-0.39, 0.29) is 0 Å². The van der Waals surface area contributed by atoms with Crippen LogP contribution in [-0.2, 0) is 17.8 Å². The Kier molecular flexibility index (Phi) is 5.32. The van der Waals surface area contributed by atoms with E-state index in [1.165, 1.54) is 22.4 Å². The Hall–Kier alpha value is -1.65. The molecular formula is C16H23N3O. The van der Waals surface area contributed by atoms with Gasteiger partial charge in [0.25, 0.3) is 0 Å². The Morgan fingerprint density at radius 1 is 1.20 bits per heavy atom. The lowest BCUT2D eigenvalue weighted by molar-refractivity contribution is 0.199. The van der Waals surface area contributed by atoms with Gasteiger partial charge in [0.2, 0.25) is 0 Å². The quantitative estimate of drug-likeness (QED) is 0.787. The van der Waals surface area contributed by atoms with Crippen LogP contribution in [0.1, 0.15) is 22.4 Å². The Balaban J connectivity index is 1.99. The van der Waals surface area contributed by atoms with Crippen molar-refractivity contribution in [1.82, 2.24) is 15.1 Å². The second-order valence-corrected chi connectivity index (χ2v) is 5.07. The zero-order chi connectivity index (χ0) is 14.4. The minimum atomic E-state index is 0.727. The highest BCUT2D eigenvalue weighted by atomic mass is 16.5. The highest BCUT2D eigenvalue weighted by Crippen LogP contribution is 2.12. The maximum atomic E-state index is 5.03. The molecular weight excluding hydrogens is 250 g/mol. The first kappa shape index (κ1) is 14.8. The maximum Gasteiger partial charge on any atom is 0.0663 e. The Morgan fingerprint density at radius 3 is 2.80 bits per heavy atom. The number of ether oxygens (including phenoxy) is 1. The average molecular weight is 273 g/mol. The van der Waals surface area contributed by atoms with Crippen LogP contribution in [-0.4, -0.2) is 30.0 Å². The van der Waals surface area contributed by atoms with E-state index in [1.807, 2.05) is 10.9 Å². The van der Waals surface area contributed by atoms with Crippen molar-refractivity contribution >= 4 is 0 Å². The van der Waals surface area contributed by atoms with Crippen LogP contribution in [0, 0.1) is 13.8 Å². The summed E-state index contributed by atoms with van der Waals surface area (Å²) in [6.45, 7) is 7.49. The molecule has 0 radical (unpaired) electrons. The Morgan fingerprint density at radius 2 is 2.05 bits per heavy atom. The minimum Gasteiger partial charge on any atom is -0.383 e. The zero-order valence-electron chi connectivity index (χ0n) is 12.5. The number of nitrogens with zero attached hydrogens (tertiary/aromatic N) is 2. The van der Waals surface area contributed by atoms with Crippen LogP contribution in [0.15, 0.2) is 30.5 Å². The van der Waals surface area contributed by atoms with Crippen LogP contribution in [0.2, 0.25) is 0 Å². The predicted octanol–water partition coefficient (Wildman–Crippen LogP) is 2.28. The molecule has 20 heavy (non-hydrogen) atoms.